The van der Waals surface area contributed by atoms with Crippen molar-refractivity contribution in [3.05, 3.63) is 53.6 Å². The summed E-state index contributed by atoms with van der Waals surface area (Å²) in [5.74, 6) is -0.845. The first-order valence-electron chi connectivity index (χ1n) is 8.48. The van der Waals surface area contributed by atoms with Crippen molar-refractivity contribution in [2.75, 3.05) is 23.8 Å². The fourth-order valence-corrected chi connectivity index (χ4v) is 2.28. The highest BCUT2D eigenvalue weighted by atomic mass is 19.4. The van der Waals surface area contributed by atoms with Crippen LogP contribution in [0.3, 0.4) is 0 Å². The van der Waals surface area contributed by atoms with Gasteiger partial charge in [0.25, 0.3) is 0 Å². The molecule has 2 aromatic rings. The third-order valence-electron chi connectivity index (χ3n) is 3.66. The molecule has 0 aromatic heterocycles. The average molecular weight is 395 g/mol. The van der Waals surface area contributed by atoms with Gasteiger partial charge >= 0.3 is 6.18 Å². The van der Waals surface area contributed by atoms with Crippen molar-refractivity contribution in [1.29, 1.82) is 0 Å². The van der Waals surface area contributed by atoms with Crippen LogP contribution in [0.2, 0.25) is 0 Å². The molecule has 0 radical (unpaired) electrons. The summed E-state index contributed by atoms with van der Waals surface area (Å²) in [4.78, 5) is 23.1. The largest absolute Gasteiger partial charge is 0.491 e. The van der Waals surface area contributed by atoms with Crippen LogP contribution in [0.25, 0.3) is 0 Å². The number of alkyl halides is 3. The molecule has 0 unspecified atom stereocenters. The Morgan fingerprint density at radius 3 is 2.36 bits per heavy atom. The Balaban J connectivity index is 2.06. The molecule has 0 aliphatic carbocycles. The van der Waals surface area contributed by atoms with E-state index in [9.17, 15) is 22.8 Å². The second-order valence-corrected chi connectivity index (χ2v) is 5.90. The first-order valence-corrected chi connectivity index (χ1v) is 8.48. The number of carbonyl (C=O) groups is 2. The summed E-state index contributed by atoms with van der Waals surface area (Å²) in [7, 11) is 0. The fraction of sp³-hybridized carbons (Fsp3) is 0.263. The number of hydrogen-bond acceptors (Lipinski definition) is 4. The van der Waals surface area contributed by atoms with Crippen molar-refractivity contribution in [3.8, 4) is 5.75 Å². The minimum atomic E-state index is -4.51. The number of anilines is 2. The minimum absolute atomic E-state index is 0.0718. The summed E-state index contributed by atoms with van der Waals surface area (Å²) >= 11 is 0. The highest BCUT2D eigenvalue weighted by molar-refractivity contribution is 5.96. The van der Waals surface area contributed by atoms with Crippen LogP contribution in [-0.4, -0.2) is 25.0 Å². The number of halogens is 3. The summed E-state index contributed by atoms with van der Waals surface area (Å²) in [5.41, 5.74) is 5.08. The van der Waals surface area contributed by atoms with E-state index in [2.05, 4.69) is 10.6 Å². The fourth-order valence-electron chi connectivity index (χ4n) is 2.28. The SMILES string of the molecule is CCCOc1ccc(C(F)(F)F)cc1NCC(=O)Nc1ccc(C(N)=O)cc1. The molecular weight excluding hydrogens is 375 g/mol. The van der Waals surface area contributed by atoms with E-state index in [-0.39, 0.29) is 23.5 Å². The standard InChI is InChI=1S/C19H20F3N3O3/c1-2-9-28-16-8-5-13(19(20,21)22)10-15(16)24-11-17(26)25-14-6-3-12(4-7-14)18(23)27/h3-8,10,24H,2,9,11H2,1H3,(H2,23,27)(H,25,26). The summed E-state index contributed by atoms with van der Waals surface area (Å²) in [5, 5.41) is 5.24. The van der Waals surface area contributed by atoms with Crippen molar-refractivity contribution >= 4 is 23.2 Å². The Hall–Kier alpha value is -3.23. The van der Waals surface area contributed by atoms with Gasteiger partial charge in [0.15, 0.2) is 0 Å². The Bertz CT molecular complexity index is 837. The Kier molecular flexibility index (Phi) is 6.86. The van der Waals surface area contributed by atoms with Crippen LogP contribution in [0.15, 0.2) is 42.5 Å². The van der Waals surface area contributed by atoms with Crippen LogP contribution in [0.4, 0.5) is 24.5 Å². The number of amides is 2. The third kappa shape index (κ3) is 5.90. The maximum absolute atomic E-state index is 12.9. The molecule has 2 rings (SSSR count). The maximum Gasteiger partial charge on any atom is 0.416 e. The predicted octanol–water partition coefficient (Wildman–Crippen LogP) is 3.64. The number of nitrogens with two attached hydrogens (primary N) is 1. The molecule has 9 heteroatoms. The van der Waals surface area contributed by atoms with E-state index < -0.39 is 23.6 Å². The van der Waals surface area contributed by atoms with Crippen LogP contribution in [-0.2, 0) is 11.0 Å². The second-order valence-electron chi connectivity index (χ2n) is 5.90. The van der Waals surface area contributed by atoms with Crippen molar-refractivity contribution < 1.29 is 27.5 Å². The van der Waals surface area contributed by atoms with Gasteiger partial charge in [0.05, 0.1) is 24.4 Å². The molecule has 4 N–H and O–H groups in total. The van der Waals surface area contributed by atoms with Gasteiger partial charge in [-0.05, 0) is 48.9 Å². The van der Waals surface area contributed by atoms with E-state index in [4.69, 9.17) is 10.5 Å². The molecule has 0 atom stereocenters. The monoisotopic (exact) mass is 395 g/mol. The maximum atomic E-state index is 12.9. The highest BCUT2D eigenvalue weighted by Gasteiger charge is 2.31. The van der Waals surface area contributed by atoms with Gasteiger partial charge in [0, 0.05) is 11.3 Å². The van der Waals surface area contributed by atoms with Gasteiger partial charge in [-0.2, -0.15) is 13.2 Å². The Morgan fingerprint density at radius 1 is 1.11 bits per heavy atom. The van der Waals surface area contributed by atoms with E-state index in [0.717, 1.165) is 12.1 Å². The number of nitrogens with one attached hydrogen (secondary N) is 2. The number of carbonyl (C=O) groups excluding carboxylic acids is 2. The molecule has 28 heavy (non-hydrogen) atoms. The lowest BCUT2D eigenvalue weighted by atomic mass is 10.1. The number of primary amides is 1. The first-order chi connectivity index (χ1) is 13.2. The van der Waals surface area contributed by atoms with Crippen LogP contribution in [0.5, 0.6) is 5.75 Å². The Morgan fingerprint density at radius 2 is 1.79 bits per heavy atom. The number of ether oxygens (including phenoxy) is 1. The molecule has 0 bridgehead atoms. The smallest absolute Gasteiger partial charge is 0.416 e. The van der Waals surface area contributed by atoms with Gasteiger partial charge in [0.2, 0.25) is 11.8 Å². The van der Waals surface area contributed by atoms with Gasteiger partial charge in [-0.1, -0.05) is 6.92 Å². The molecule has 0 saturated heterocycles. The number of hydrogen-bond donors (Lipinski definition) is 3. The zero-order valence-corrected chi connectivity index (χ0v) is 15.1. The zero-order valence-electron chi connectivity index (χ0n) is 15.1. The first kappa shape index (κ1) is 21.1. The molecule has 0 aliphatic rings. The molecule has 150 valence electrons. The summed E-state index contributed by atoms with van der Waals surface area (Å²) in [6, 6.07) is 8.96. The molecule has 2 amide bonds. The quantitative estimate of drug-likeness (QED) is 0.636. The van der Waals surface area contributed by atoms with Crippen LogP contribution in [0, 0.1) is 0 Å². The van der Waals surface area contributed by atoms with E-state index in [1.807, 2.05) is 6.92 Å². The number of rotatable bonds is 8. The van der Waals surface area contributed by atoms with Gasteiger partial charge in [-0.25, -0.2) is 0 Å². The molecule has 2 aromatic carbocycles. The van der Waals surface area contributed by atoms with Crippen molar-refractivity contribution in [2.24, 2.45) is 5.73 Å². The zero-order chi connectivity index (χ0) is 20.7. The molecular formula is C19H20F3N3O3. The third-order valence-corrected chi connectivity index (χ3v) is 3.66. The van der Waals surface area contributed by atoms with E-state index in [1.54, 1.807) is 0 Å². The topological polar surface area (TPSA) is 93.4 Å². The summed E-state index contributed by atoms with van der Waals surface area (Å²) < 4.78 is 44.3. The lowest BCUT2D eigenvalue weighted by Gasteiger charge is -2.15. The molecule has 6 nitrogen and oxygen atoms in total. The molecule has 0 spiro atoms. The van der Waals surface area contributed by atoms with Crippen LogP contribution in [0.1, 0.15) is 29.3 Å². The van der Waals surface area contributed by atoms with E-state index in [0.29, 0.717) is 18.7 Å². The van der Waals surface area contributed by atoms with E-state index >= 15 is 0 Å². The second kappa shape index (κ2) is 9.12. The van der Waals surface area contributed by atoms with E-state index in [1.165, 1.54) is 30.3 Å². The highest BCUT2D eigenvalue weighted by Crippen LogP contribution is 2.35. The number of benzene rings is 2. The molecule has 0 aliphatic heterocycles. The van der Waals surface area contributed by atoms with Gasteiger partial charge in [-0.15, -0.1) is 0 Å². The van der Waals surface area contributed by atoms with Crippen molar-refractivity contribution in [3.63, 3.8) is 0 Å². The van der Waals surface area contributed by atoms with Crippen molar-refractivity contribution in [1.82, 2.24) is 0 Å². The van der Waals surface area contributed by atoms with Crippen LogP contribution < -0.4 is 21.1 Å². The minimum Gasteiger partial charge on any atom is -0.491 e. The lowest BCUT2D eigenvalue weighted by molar-refractivity contribution is -0.137. The molecule has 0 heterocycles. The van der Waals surface area contributed by atoms with Crippen LogP contribution >= 0.6 is 0 Å². The lowest BCUT2D eigenvalue weighted by Crippen LogP contribution is -2.22. The van der Waals surface area contributed by atoms with Gasteiger partial charge in [-0.3, -0.25) is 9.59 Å². The summed E-state index contributed by atoms with van der Waals surface area (Å²) in [6.45, 7) is 1.92. The molecule has 0 saturated carbocycles. The molecule has 0 fully saturated rings. The normalized spacial score (nSPS) is 11.0. The predicted molar refractivity (Wildman–Crippen MR) is 99.3 cm³/mol. The summed E-state index contributed by atoms with van der Waals surface area (Å²) in [6.07, 6.45) is -3.83. The van der Waals surface area contributed by atoms with Crippen molar-refractivity contribution in [2.45, 2.75) is 19.5 Å². The van der Waals surface area contributed by atoms with Gasteiger partial charge < -0.3 is 21.1 Å². The Labute approximate surface area is 159 Å². The average Bonchev–Trinajstić information content (AvgIpc) is 2.64. The van der Waals surface area contributed by atoms with Gasteiger partial charge in [0.1, 0.15) is 5.75 Å².